The van der Waals surface area contributed by atoms with Crippen LogP contribution in [0.4, 0.5) is 0 Å². The lowest BCUT2D eigenvalue weighted by molar-refractivity contribution is -0.125. The van der Waals surface area contributed by atoms with E-state index in [0.29, 0.717) is 6.61 Å². The van der Waals surface area contributed by atoms with E-state index in [4.69, 9.17) is 16.3 Å². The lowest BCUT2D eigenvalue weighted by atomic mass is 10.2. The van der Waals surface area contributed by atoms with Gasteiger partial charge in [0.15, 0.2) is 5.78 Å². The summed E-state index contributed by atoms with van der Waals surface area (Å²) in [5, 5.41) is 0. The largest absolute Gasteiger partial charge is 0.370 e. The Labute approximate surface area is 59.1 Å². The van der Waals surface area contributed by atoms with Crippen LogP contribution in [-0.4, -0.2) is 24.4 Å². The zero-order valence-corrected chi connectivity index (χ0v) is 5.86. The highest BCUT2D eigenvalue weighted by Gasteiger charge is 2.21. The van der Waals surface area contributed by atoms with Crippen molar-refractivity contribution in [2.24, 2.45) is 0 Å². The van der Waals surface area contributed by atoms with Gasteiger partial charge in [-0.25, -0.2) is 0 Å². The van der Waals surface area contributed by atoms with Crippen LogP contribution in [0.15, 0.2) is 0 Å². The maximum Gasteiger partial charge on any atom is 0.176 e. The lowest BCUT2D eigenvalue weighted by Crippen LogP contribution is -2.20. The minimum absolute atomic E-state index is 0.0224. The summed E-state index contributed by atoms with van der Waals surface area (Å²) in [5.74, 6) is 0.110. The number of carbonyl (C=O) groups excluding carboxylic acids is 1. The number of alkyl halides is 1. The van der Waals surface area contributed by atoms with Crippen LogP contribution < -0.4 is 0 Å². The summed E-state index contributed by atoms with van der Waals surface area (Å²) in [6.07, 6.45) is 1.65. The highest BCUT2D eigenvalue weighted by atomic mass is 35.5. The van der Waals surface area contributed by atoms with Crippen LogP contribution in [0, 0.1) is 0 Å². The first-order valence-corrected chi connectivity index (χ1v) is 3.58. The number of Topliss-reactive ketones (excluding diaryl/α,β-unsaturated/α-hetero) is 1. The maximum atomic E-state index is 10.8. The van der Waals surface area contributed by atoms with Crippen molar-refractivity contribution in [3.8, 4) is 0 Å². The van der Waals surface area contributed by atoms with E-state index in [1.165, 1.54) is 0 Å². The van der Waals surface area contributed by atoms with Crippen molar-refractivity contribution in [3.63, 3.8) is 0 Å². The monoisotopic (exact) mass is 148 g/mol. The van der Waals surface area contributed by atoms with Crippen molar-refractivity contribution in [1.82, 2.24) is 0 Å². The number of hydrogen-bond donors (Lipinski definition) is 0. The summed E-state index contributed by atoms with van der Waals surface area (Å²) in [4.78, 5) is 10.8. The van der Waals surface area contributed by atoms with E-state index in [1.54, 1.807) is 0 Å². The molecule has 3 heteroatoms. The molecule has 1 aliphatic rings. The molecule has 0 aromatic carbocycles. The van der Waals surface area contributed by atoms with Crippen LogP contribution in [0.25, 0.3) is 0 Å². The fourth-order valence-electron chi connectivity index (χ4n) is 0.918. The second kappa shape index (κ2) is 3.18. The molecule has 2 nitrogen and oxygen atoms in total. The molecule has 0 aromatic rings. The van der Waals surface area contributed by atoms with Gasteiger partial charge in [-0.3, -0.25) is 4.79 Å². The van der Waals surface area contributed by atoms with E-state index >= 15 is 0 Å². The minimum Gasteiger partial charge on any atom is -0.370 e. The topological polar surface area (TPSA) is 26.3 Å². The first-order valence-electron chi connectivity index (χ1n) is 3.05. The standard InChI is InChI=1S/C6H9ClO2/c7-4-5(8)6-2-1-3-9-6/h6H,1-4H2/t6-/m0/s1. The Hall–Kier alpha value is -0.0800. The van der Waals surface area contributed by atoms with E-state index in [9.17, 15) is 4.79 Å². The average molecular weight is 149 g/mol. The van der Waals surface area contributed by atoms with Gasteiger partial charge in [0.25, 0.3) is 0 Å². The summed E-state index contributed by atoms with van der Waals surface area (Å²) in [5.41, 5.74) is 0. The van der Waals surface area contributed by atoms with Crippen molar-refractivity contribution in [2.45, 2.75) is 18.9 Å². The van der Waals surface area contributed by atoms with Gasteiger partial charge in [-0.05, 0) is 12.8 Å². The van der Waals surface area contributed by atoms with E-state index in [2.05, 4.69) is 0 Å². The Morgan fingerprint density at radius 1 is 1.78 bits per heavy atom. The maximum absolute atomic E-state index is 10.8. The smallest absolute Gasteiger partial charge is 0.176 e. The average Bonchev–Trinajstić information content (AvgIpc) is 2.37. The van der Waals surface area contributed by atoms with Gasteiger partial charge in [-0.1, -0.05) is 0 Å². The molecule has 0 aromatic heterocycles. The molecule has 1 heterocycles. The fraction of sp³-hybridized carbons (Fsp3) is 0.833. The third-order valence-corrected chi connectivity index (χ3v) is 1.68. The molecule has 1 aliphatic heterocycles. The second-order valence-corrected chi connectivity index (χ2v) is 2.37. The molecular formula is C6H9ClO2. The molecule has 9 heavy (non-hydrogen) atoms. The molecule has 0 unspecified atom stereocenters. The summed E-state index contributed by atoms with van der Waals surface area (Å²) in [6.45, 7) is 0.716. The third-order valence-electron chi connectivity index (χ3n) is 1.42. The predicted octanol–water partition coefficient (Wildman–Crippen LogP) is 0.973. The number of ether oxygens (including phenoxy) is 1. The first kappa shape index (κ1) is 7.03. The highest BCUT2D eigenvalue weighted by molar-refractivity contribution is 6.28. The van der Waals surface area contributed by atoms with Gasteiger partial charge >= 0.3 is 0 Å². The Balaban J connectivity index is 2.32. The van der Waals surface area contributed by atoms with Gasteiger partial charge in [0.1, 0.15) is 6.10 Å². The molecule has 1 fully saturated rings. The Bertz CT molecular complexity index is 108. The highest BCUT2D eigenvalue weighted by Crippen LogP contribution is 2.12. The number of hydrogen-bond acceptors (Lipinski definition) is 2. The fourth-order valence-corrected chi connectivity index (χ4v) is 1.09. The van der Waals surface area contributed by atoms with Gasteiger partial charge in [0.2, 0.25) is 0 Å². The molecule has 1 atom stereocenters. The third kappa shape index (κ3) is 1.66. The van der Waals surface area contributed by atoms with Gasteiger partial charge in [0, 0.05) is 6.61 Å². The van der Waals surface area contributed by atoms with E-state index in [-0.39, 0.29) is 17.8 Å². The molecule has 52 valence electrons. The second-order valence-electron chi connectivity index (χ2n) is 2.10. The van der Waals surface area contributed by atoms with Crippen molar-refractivity contribution in [2.75, 3.05) is 12.5 Å². The van der Waals surface area contributed by atoms with Crippen molar-refractivity contribution >= 4 is 17.4 Å². The van der Waals surface area contributed by atoms with Crippen LogP contribution in [0.1, 0.15) is 12.8 Å². The van der Waals surface area contributed by atoms with Gasteiger partial charge in [-0.2, -0.15) is 0 Å². The molecule has 1 rings (SSSR count). The molecule has 0 bridgehead atoms. The number of carbonyl (C=O) groups is 1. The molecule has 0 aliphatic carbocycles. The Morgan fingerprint density at radius 3 is 3.00 bits per heavy atom. The van der Waals surface area contributed by atoms with E-state index in [1.807, 2.05) is 0 Å². The van der Waals surface area contributed by atoms with Crippen molar-refractivity contribution in [3.05, 3.63) is 0 Å². The minimum atomic E-state index is -0.192. The summed E-state index contributed by atoms with van der Waals surface area (Å²) < 4.78 is 5.07. The normalized spacial score (nSPS) is 26.6. The SMILES string of the molecule is O=C(CCl)[C@@H]1CCCO1. The quantitative estimate of drug-likeness (QED) is 0.546. The number of rotatable bonds is 2. The van der Waals surface area contributed by atoms with Crippen LogP contribution in [0.5, 0.6) is 0 Å². The predicted molar refractivity (Wildman–Crippen MR) is 34.7 cm³/mol. The van der Waals surface area contributed by atoms with Crippen molar-refractivity contribution in [1.29, 1.82) is 0 Å². The van der Waals surface area contributed by atoms with Gasteiger partial charge in [0.05, 0.1) is 5.88 Å². The lowest BCUT2D eigenvalue weighted by Gasteiger charge is -2.02. The number of halogens is 1. The zero-order valence-electron chi connectivity index (χ0n) is 5.10. The first-order chi connectivity index (χ1) is 4.34. The molecule has 0 N–H and O–H groups in total. The van der Waals surface area contributed by atoms with Crippen LogP contribution in [0.2, 0.25) is 0 Å². The molecule has 0 radical (unpaired) electrons. The molecule has 1 saturated heterocycles. The van der Waals surface area contributed by atoms with Gasteiger partial charge < -0.3 is 4.74 Å². The summed E-state index contributed by atoms with van der Waals surface area (Å²) in [6, 6.07) is 0. The van der Waals surface area contributed by atoms with E-state index in [0.717, 1.165) is 12.8 Å². The molecule has 0 spiro atoms. The van der Waals surface area contributed by atoms with Crippen molar-refractivity contribution < 1.29 is 9.53 Å². The van der Waals surface area contributed by atoms with E-state index < -0.39 is 0 Å². The van der Waals surface area contributed by atoms with Crippen LogP contribution >= 0.6 is 11.6 Å². The summed E-state index contributed by atoms with van der Waals surface area (Å²) in [7, 11) is 0. The number of ketones is 1. The Morgan fingerprint density at radius 2 is 2.56 bits per heavy atom. The molecule has 0 amide bonds. The van der Waals surface area contributed by atoms with Crippen LogP contribution in [-0.2, 0) is 9.53 Å². The zero-order chi connectivity index (χ0) is 6.69. The molecule has 0 saturated carbocycles. The Kier molecular flexibility index (Phi) is 2.49. The van der Waals surface area contributed by atoms with Crippen LogP contribution in [0.3, 0.4) is 0 Å². The molecular weight excluding hydrogens is 140 g/mol. The summed E-state index contributed by atoms with van der Waals surface area (Å²) >= 11 is 5.30. The van der Waals surface area contributed by atoms with Gasteiger partial charge in [-0.15, -0.1) is 11.6 Å².